The van der Waals surface area contributed by atoms with Gasteiger partial charge in [-0.1, -0.05) is 19.9 Å². The second-order valence-corrected chi connectivity index (χ2v) is 7.93. The van der Waals surface area contributed by atoms with E-state index in [1.165, 1.54) is 32.7 Å². The van der Waals surface area contributed by atoms with Gasteiger partial charge in [0.1, 0.15) is 5.82 Å². The summed E-state index contributed by atoms with van der Waals surface area (Å²) in [6, 6.07) is 6.11. The van der Waals surface area contributed by atoms with E-state index in [1.807, 2.05) is 19.3 Å². The van der Waals surface area contributed by atoms with E-state index in [4.69, 9.17) is 0 Å². The fourth-order valence-corrected chi connectivity index (χ4v) is 4.08. The standard InChI is InChI=1S/C21H37N7/c1-4-25-9-11-26(12-10-25)18-19(2)17-24-21(22-3)28-15-13-27(14-16-28)20-7-5-6-8-23-20/h5-8,19H,4,9-18H2,1-3H3,(H,22,24). The minimum atomic E-state index is 0.611. The average molecular weight is 388 g/mol. The second kappa shape index (κ2) is 10.6. The number of guanidine groups is 1. The molecule has 1 aromatic rings. The van der Waals surface area contributed by atoms with E-state index in [0.717, 1.165) is 51.0 Å². The number of pyridine rings is 1. The maximum atomic E-state index is 4.53. The van der Waals surface area contributed by atoms with Crippen LogP contribution in [0, 0.1) is 5.92 Å². The van der Waals surface area contributed by atoms with Crippen LogP contribution < -0.4 is 10.2 Å². The summed E-state index contributed by atoms with van der Waals surface area (Å²) in [6.45, 7) is 16.6. The number of hydrogen-bond donors (Lipinski definition) is 1. The third kappa shape index (κ3) is 5.82. The van der Waals surface area contributed by atoms with Crippen molar-refractivity contribution in [3.8, 4) is 0 Å². The number of hydrogen-bond acceptors (Lipinski definition) is 5. The molecule has 0 amide bonds. The Bertz CT molecular complexity index is 590. The Hall–Kier alpha value is -1.86. The third-order valence-corrected chi connectivity index (χ3v) is 5.85. The largest absolute Gasteiger partial charge is 0.356 e. The number of aromatic nitrogens is 1. The lowest BCUT2D eigenvalue weighted by molar-refractivity contribution is 0.124. The topological polar surface area (TPSA) is 50.2 Å². The van der Waals surface area contributed by atoms with Crippen LogP contribution in [-0.4, -0.2) is 105 Å². The van der Waals surface area contributed by atoms with E-state index in [-0.39, 0.29) is 0 Å². The fraction of sp³-hybridized carbons (Fsp3) is 0.714. The minimum absolute atomic E-state index is 0.611. The fourth-order valence-electron chi connectivity index (χ4n) is 4.08. The van der Waals surface area contributed by atoms with Crippen LogP contribution in [0.15, 0.2) is 29.4 Å². The van der Waals surface area contributed by atoms with Gasteiger partial charge in [0, 0.05) is 78.7 Å². The lowest BCUT2D eigenvalue weighted by atomic mass is 10.1. The van der Waals surface area contributed by atoms with Gasteiger partial charge in [-0.15, -0.1) is 0 Å². The average Bonchev–Trinajstić information content (AvgIpc) is 2.76. The summed E-state index contributed by atoms with van der Waals surface area (Å²) in [7, 11) is 1.89. The van der Waals surface area contributed by atoms with Crippen LogP contribution in [0.2, 0.25) is 0 Å². The number of rotatable bonds is 6. The smallest absolute Gasteiger partial charge is 0.193 e. The molecule has 3 heterocycles. The SMILES string of the molecule is CCN1CCN(CC(C)CNC(=NC)N2CCN(c3ccccn3)CC2)CC1. The van der Waals surface area contributed by atoms with Crippen LogP contribution in [0.3, 0.4) is 0 Å². The predicted octanol–water partition coefficient (Wildman–Crippen LogP) is 1.05. The van der Waals surface area contributed by atoms with Gasteiger partial charge in [0.25, 0.3) is 0 Å². The first kappa shape index (κ1) is 20.9. The van der Waals surface area contributed by atoms with Crippen LogP contribution >= 0.6 is 0 Å². The number of nitrogens with one attached hydrogen (secondary N) is 1. The number of piperazine rings is 2. The summed E-state index contributed by atoms with van der Waals surface area (Å²) in [5.74, 6) is 2.71. The van der Waals surface area contributed by atoms with Crippen LogP contribution in [0.1, 0.15) is 13.8 Å². The van der Waals surface area contributed by atoms with Crippen LogP contribution in [0.4, 0.5) is 5.82 Å². The van der Waals surface area contributed by atoms with Gasteiger partial charge in [-0.3, -0.25) is 4.99 Å². The molecule has 0 radical (unpaired) electrons. The first-order chi connectivity index (χ1) is 13.7. The first-order valence-corrected chi connectivity index (χ1v) is 10.8. The third-order valence-electron chi connectivity index (χ3n) is 5.85. The number of aliphatic imine (C=N–C) groups is 1. The Balaban J connectivity index is 1.39. The Morgan fingerprint density at radius 1 is 1.07 bits per heavy atom. The van der Waals surface area contributed by atoms with Crippen LogP contribution in [-0.2, 0) is 0 Å². The van der Waals surface area contributed by atoms with Gasteiger partial charge >= 0.3 is 0 Å². The molecule has 0 spiro atoms. The second-order valence-electron chi connectivity index (χ2n) is 7.93. The molecule has 0 saturated carbocycles. The van der Waals surface area contributed by atoms with Crippen LogP contribution in [0.5, 0.6) is 0 Å². The van der Waals surface area contributed by atoms with Gasteiger partial charge in [0.2, 0.25) is 0 Å². The number of anilines is 1. The monoisotopic (exact) mass is 387 g/mol. The Kier molecular flexibility index (Phi) is 7.91. The summed E-state index contributed by atoms with van der Waals surface area (Å²) in [6.07, 6.45) is 1.87. The van der Waals surface area contributed by atoms with Crippen molar-refractivity contribution in [2.75, 3.05) is 83.9 Å². The predicted molar refractivity (Wildman–Crippen MR) is 117 cm³/mol. The summed E-state index contributed by atoms with van der Waals surface area (Å²) in [4.78, 5) is 18.9. The maximum Gasteiger partial charge on any atom is 0.193 e. The molecule has 2 aliphatic rings. The molecule has 0 aromatic carbocycles. The molecular weight excluding hydrogens is 350 g/mol. The Morgan fingerprint density at radius 2 is 1.79 bits per heavy atom. The molecule has 2 aliphatic heterocycles. The van der Waals surface area contributed by atoms with Crippen LogP contribution in [0.25, 0.3) is 0 Å². The molecule has 0 bridgehead atoms. The first-order valence-electron chi connectivity index (χ1n) is 10.8. The molecule has 1 unspecified atom stereocenters. The highest BCUT2D eigenvalue weighted by Gasteiger charge is 2.21. The van der Waals surface area contributed by atoms with E-state index in [1.54, 1.807) is 0 Å². The molecule has 1 N–H and O–H groups in total. The molecule has 2 fully saturated rings. The highest BCUT2D eigenvalue weighted by molar-refractivity contribution is 5.80. The summed E-state index contributed by atoms with van der Waals surface area (Å²) in [5.41, 5.74) is 0. The molecule has 7 heteroatoms. The zero-order valence-corrected chi connectivity index (χ0v) is 17.8. The van der Waals surface area contributed by atoms with E-state index < -0.39 is 0 Å². The van der Waals surface area contributed by atoms with Gasteiger partial charge in [0.05, 0.1) is 0 Å². The van der Waals surface area contributed by atoms with Crippen molar-refractivity contribution in [3.05, 3.63) is 24.4 Å². The molecule has 28 heavy (non-hydrogen) atoms. The molecule has 7 nitrogen and oxygen atoms in total. The van der Waals surface area contributed by atoms with Crippen molar-refractivity contribution in [2.45, 2.75) is 13.8 Å². The molecule has 2 saturated heterocycles. The molecule has 1 atom stereocenters. The van der Waals surface area contributed by atoms with Gasteiger partial charge < -0.3 is 24.9 Å². The van der Waals surface area contributed by atoms with Crippen molar-refractivity contribution in [1.29, 1.82) is 0 Å². The quantitative estimate of drug-likeness (QED) is 0.582. The van der Waals surface area contributed by atoms with Crippen molar-refractivity contribution >= 4 is 11.8 Å². The van der Waals surface area contributed by atoms with Crippen molar-refractivity contribution in [2.24, 2.45) is 10.9 Å². The van der Waals surface area contributed by atoms with E-state index in [0.29, 0.717) is 5.92 Å². The normalized spacial score (nSPS) is 21.0. The van der Waals surface area contributed by atoms with Gasteiger partial charge in [-0.25, -0.2) is 4.98 Å². The van der Waals surface area contributed by atoms with Gasteiger partial charge in [0.15, 0.2) is 5.96 Å². The Morgan fingerprint density at radius 3 is 2.39 bits per heavy atom. The van der Waals surface area contributed by atoms with Crippen molar-refractivity contribution in [3.63, 3.8) is 0 Å². The zero-order valence-electron chi connectivity index (χ0n) is 17.8. The lowest BCUT2D eigenvalue weighted by Crippen LogP contribution is -2.53. The summed E-state index contributed by atoms with van der Waals surface area (Å²) >= 11 is 0. The molecule has 1 aromatic heterocycles. The van der Waals surface area contributed by atoms with Gasteiger partial charge in [-0.2, -0.15) is 0 Å². The molecule has 3 rings (SSSR count). The summed E-state index contributed by atoms with van der Waals surface area (Å²) in [5, 5.41) is 3.61. The minimum Gasteiger partial charge on any atom is -0.356 e. The summed E-state index contributed by atoms with van der Waals surface area (Å²) < 4.78 is 0. The van der Waals surface area contributed by atoms with E-state index >= 15 is 0 Å². The lowest BCUT2D eigenvalue weighted by Gasteiger charge is -2.38. The molecule has 156 valence electrons. The van der Waals surface area contributed by atoms with Crippen molar-refractivity contribution < 1.29 is 0 Å². The maximum absolute atomic E-state index is 4.53. The van der Waals surface area contributed by atoms with Crippen molar-refractivity contribution in [1.82, 2.24) is 25.0 Å². The highest BCUT2D eigenvalue weighted by atomic mass is 15.4. The number of likely N-dealkylation sites (N-methyl/N-ethyl adjacent to an activating group) is 1. The van der Waals surface area contributed by atoms with Gasteiger partial charge in [-0.05, 0) is 24.6 Å². The van der Waals surface area contributed by atoms with E-state index in [2.05, 4.69) is 60.9 Å². The van der Waals surface area contributed by atoms with E-state index in [9.17, 15) is 0 Å². The zero-order chi connectivity index (χ0) is 19.8. The number of nitrogens with zero attached hydrogens (tertiary/aromatic N) is 6. The Labute approximate surface area is 170 Å². The molecular formula is C21H37N7. The highest BCUT2D eigenvalue weighted by Crippen LogP contribution is 2.12. The molecule has 0 aliphatic carbocycles.